The van der Waals surface area contributed by atoms with Gasteiger partial charge >= 0.3 is 84.8 Å². The molecule has 0 radical (unpaired) electrons. The minimum Gasteiger partial charge on any atom is -0.147 e. The molecule has 1 aliphatic rings. The summed E-state index contributed by atoms with van der Waals surface area (Å²) in [6, 6.07) is 0. The molecule has 1 aliphatic carbocycles. The third-order valence-electron chi connectivity index (χ3n) is 2.07. The van der Waals surface area contributed by atoms with Crippen molar-refractivity contribution in [1.82, 2.24) is 0 Å². The Balaban J connectivity index is -0.000000403. The molecule has 1 unspecified atom stereocenters. The molecular weight excluding hydrogens is 318 g/mol. The first-order valence-electron chi connectivity index (χ1n) is 4.30. The maximum Gasteiger partial charge on any atom is -0.147 e. The summed E-state index contributed by atoms with van der Waals surface area (Å²) in [5.41, 5.74) is 1.44. The van der Waals surface area contributed by atoms with Crippen molar-refractivity contribution in [2.75, 3.05) is 0 Å². The zero-order valence-electron chi connectivity index (χ0n) is 8.58. The predicted molar refractivity (Wildman–Crippen MR) is 66.9 cm³/mol. The normalized spacial score (nSPS) is 22.8. The summed E-state index contributed by atoms with van der Waals surface area (Å²) >= 11 is 1.64. The van der Waals surface area contributed by atoms with Crippen LogP contribution in [0, 0.1) is 0 Å². The largest absolute Gasteiger partial charge is 0.147 e. The Bertz CT molecular complexity index is 202. The summed E-state index contributed by atoms with van der Waals surface area (Å²) in [7, 11) is 0. The van der Waals surface area contributed by atoms with E-state index in [0.717, 1.165) is 0 Å². The van der Waals surface area contributed by atoms with E-state index in [4.69, 9.17) is 0 Å². The molecule has 14 heavy (non-hydrogen) atoms. The first kappa shape index (κ1) is 20.6. The molecule has 83 valence electrons. The van der Waals surface area contributed by atoms with Gasteiger partial charge in [-0.1, -0.05) is 0 Å². The summed E-state index contributed by atoms with van der Waals surface area (Å²) < 4.78 is 0.465. The van der Waals surface area contributed by atoms with Crippen LogP contribution < -0.4 is 0 Å². The van der Waals surface area contributed by atoms with Crippen LogP contribution in [-0.4, -0.2) is 0 Å². The topological polar surface area (TPSA) is 0 Å². The second-order valence-electron chi connectivity index (χ2n) is 3.37. The summed E-state index contributed by atoms with van der Waals surface area (Å²) in [6.07, 6.45) is 11.1. The van der Waals surface area contributed by atoms with E-state index in [1.807, 2.05) is 0 Å². The quantitative estimate of drug-likeness (QED) is 0.703. The summed E-state index contributed by atoms with van der Waals surface area (Å²) in [6.45, 7) is 4.45. The van der Waals surface area contributed by atoms with Crippen LogP contribution >= 0.6 is 37.2 Å². The average Bonchev–Trinajstić information content (AvgIpc) is 2.28. The third kappa shape index (κ3) is 6.67. The van der Waals surface area contributed by atoms with Crippen LogP contribution in [0.4, 0.5) is 0 Å². The Labute approximate surface area is 121 Å². The first-order valence-corrected chi connectivity index (χ1v) is 5.53. The van der Waals surface area contributed by atoms with Crippen LogP contribution in [0.2, 0.25) is 3.12 Å². The predicted octanol–water partition coefficient (Wildman–Crippen LogP) is 4.66. The molecule has 1 rings (SSSR count). The fourth-order valence-corrected chi connectivity index (χ4v) is 2.61. The van der Waals surface area contributed by atoms with Crippen LogP contribution in [0.1, 0.15) is 33.1 Å². The Morgan fingerprint density at radius 1 is 1.29 bits per heavy atom. The molecule has 0 aliphatic heterocycles. The standard InChI is InChI=1S/C10H15.3ClH.Zr/c1-3-4-5-10-7-6-9(2)8-10;;;;/h6-8H,3-5H2,1-2H3;3*1H;. The van der Waals surface area contributed by atoms with Crippen LogP contribution in [-0.2, 0) is 24.7 Å². The SMILES string of the molecule is CCCC[C]1([Zr])C=CC(C)=C1.Cl.Cl.Cl. The number of hydrogen-bond acceptors (Lipinski definition) is 0. The van der Waals surface area contributed by atoms with Gasteiger partial charge in [-0.05, 0) is 0 Å². The van der Waals surface area contributed by atoms with Gasteiger partial charge in [0.2, 0.25) is 0 Å². The van der Waals surface area contributed by atoms with Crippen molar-refractivity contribution in [3.8, 4) is 0 Å². The molecule has 0 aromatic heterocycles. The van der Waals surface area contributed by atoms with E-state index < -0.39 is 0 Å². The molecule has 0 N–H and O–H groups in total. The van der Waals surface area contributed by atoms with Gasteiger partial charge in [0.1, 0.15) is 0 Å². The van der Waals surface area contributed by atoms with E-state index in [1.165, 1.54) is 24.8 Å². The molecule has 1 atom stereocenters. The van der Waals surface area contributed by atoms with E-state index in [-0.39, 0.29) is 37.2 Å². The van der Waals surface area contributed by atoms with E-state index in [2.05, 4.69) is 32.1 Å². The minimum absolute atomic E-state index is 0. The Morgan fingerprint density at radius 3 is 2.21 bits per heavy atom. The molecule has 0 fully saturated rings. The first-order chi connectivity index (χ1) is 5.16. The molecule has 4 heteroatoms. The van der Waals surface area contributed by atoms with Crippen LogP contribution in [0.5, 0.6) is 0 Å². The number of unbranched alkanes of at least 4 members (excludes halogenated alkanes) is 1. The van der Waals surface area contributed by atoms with Gasteiger partial charge in [0.05, 0.1) is 0 Å². The number of hydrogen-bond donors (Lipinski definition) is 0. The smallest absolute Gasteiger partial charge is 0.147 e. The Morgan fingerprint density at radius 2 is 1.86 bits per heavy atom. The summed E-state index contributed by atoms with van der Waals surface area (Å²) in [5, 5.41) is 0. The average molecular weight is 336 g/mol. The van der Waals surface area contributed by atoms with Crippen molar-refractivity contribution in [3.05, 3.63) is 23.8 Å². The fourth-order valence-electron chi connectivity index (χ4n) is 1.41. The van der Waals surface area contributed by atoms with Gasteiger partial charge in [-0.3, -0.25) is 0 Å². The molecule has 0 amide bonds. The second kappa shape index (κ2) is 9.46. The van der Waals surface area contributed by atoms with Crippen LogP contribution in [0.25, 0.3) is 0 Å². The van der Waals surface area contributed by atoms with E-state index >= 15 is 0 Å². The van der Waals surface area contributed by atoms with E-state index in [9.17, 15) is 0 Å². The van der Waals surface area contributed by atoms with Crippen molar-refractivity contribution in [2.24, 2.45) is 0 Å². The zero-order chi connectivity index (χ0) is 8.32. The molecule has 0 nitrogen and oxygen atoms in total. The maximum absolute atomic E-state index is 2.42. The molecule has 0 spiro atoms. The number of rotatable bonds is 3. The third-order valence-corrected chi connectivity index (χ3v) is 3.45. The zero-order valence-corrected chi connectivity index (χ0v) is 13.5. The summed E-state index contributed by atoms with van der Waals surface area (Å²) in [4.78, 5) is 0. The molecule has 0 heterocycles. The van der Waals surface area contributed by atoms with Crippen molar-refractivity contribution in [2.45, 2.75) is 36.2 Å². The van der Waals surface area contributed by atoms with E-state index in [0.29, 0.717) is 3.12 Å². The number of allylic oxidation sites excluding steroid dienone is 4. The molecule has 0 bridgehead atoms. The molecule has 0 saturated heterocycles. The van der Waals surface area contributed by atoms with Gasteiger partial charge in [-0.25, -0.2) is 0 Å². The monoisotopic (exact) mass is 333 g/mol. The molecule has 0 aromatic carbocycles. The van der Waals surface area contributed by atoms with Gasteiger partial charge < -0.3 is 0 Å². The molecule has 0 saturated carbocycles. The molecular formula is C10H18Cl3Zr. The summed E-state index contributed by atoms with van der Waals surface area (Å²) in [5.74, 6) is 0. The molecule has 0 aromatic rings. The van der Waals surface area contributed by atoms with Crippen molar-refractivity contribution < 1.29 is 24.7 Å². The Kier molecular flexibility index (Phi) is 13.9. The van der Waals surface area contributed by atoms with Gasteiger partial charge in [-0.2, -0.15) is 0 Å². The van der Waals surface area contributed by atoms with Crippen molar-refractivity contribution >= 4 is 37.2 Å². The Hall–Kier alpha value is 1.23. The van der Waals surface area contributed by atoms with E-state index in [1.54, 1.807) is 24.7 Å². The van der Waals surface area contributed by atoms with Crippen molar-refractivity contribution in [3.63, 3.8) is 0 Å². The van der Waals surface area contributed by atoms with Crippen LogP contribution in [0.3, 0.4) is 0 Å². The van der Waals surface area contributed by atoms with Crippen molar-refractivity contribution in [1.29, 1.82) is 0 Å². The van der Waals surface area contributed by atoms with Gasteiger partial charge in [0, 0.05) is 0 Å². The fraction of sp³-hybridized carbons (Fsp3) is 0.600. The maximum atomic E-state index is 2.42. The van der Waals surface area contributed by atoms with Gasteiger partial charge in [0.25, 0.3) is 0 Å². The van der Waals surface area contributed by atoms with Crippen LogP contribution in [0.15, 0.2) is 23.8 Å². The number of halogens is 3. The minimum atomic E-state index is 0. The van der Waals surface area contributed by atoms with Gasteiger partial charge in [0.15, 0.2) is 0 Å². The van der Waals surface area contributed by atoms with Gasteiger partial charge in [-0.15, -0.1) is 37.2 Å². The second-order valence-corrected chi connectivity index (χ2v) is 5.65.